The van der Waals surface area contributed by atoms with Crippen LogP contribution in [-0.2, 0) is 17.6 Å². The number of pyridine rings is 1. The number of piperazine rings is 1. The molecule has 2 heterocycles. The van der Waals surface area contributed by atoms with Gasteiger partial charge in [0.25, 0.3) is 10.9 Å². The second-order valence-corrected chi connectivity index (χ2v) is 9.45. The first-order valence-corrected chi connectivity index (χ1v) is 12.4. The lowest BCUT2D eigenvalue weighted by Gasteiger charge is -2.31. The molecular weight excluding hydrogens is 490 g/mol. The lowest BCUT2D eigenvalue weighted by atomic mass is 10.0. The maximum atomic E-state index is 12.4. The maximum absolute atomic E-state index is 12.4. The molecule has 200 valence electrons. The molecule has 1 fully saturated rings. The topological polar surface area (TPSA) is 132 Å². The molecule has 1 saturated heterocycles. The molecule has 0 aliphatic carbocycles. The Labute approximate surface area is 220 Å². The van der Waals surface area contributed by atoms with Crippen molar-refractivity contribution in [3.05, 3.63) is 80.4 Å². The number of anilines is 2. The highest BCUT2D eigenvalue weighted by Gasteiger charge is 2.29. The minimum atomic E-state index is -1.16. The van der Waals surface area contributed by atoms with E-state index in [2.05, 4.69) is 15.2 Å². The van der Waals surface area contributed by atoms with Crippen molar-refractivity contribution in [2.24, 2.45) is 0 Å². The van der Waals surface area contributed by atoms with Crippen molar-refractivity contribution in [3.8, 4) is 5.75 Å². The molecule has 2 N–H and O–H groups in total. The molecular formula is C27H31N5O6. The second-order valence-electron chi connectivity index (χ2n) is 9.45. The third-order valence-electron chi connectivity index (χ3n) is 6.70. The number of benzene rings is 1. The highest BCUT2D eigenvalue weighted by Crippen LogP contribution is 2.22. The van der Waals surface area contributed by atoms with Crippen molar-refractivity contribution in [2.45, 2.75) is 18.9 Å². The molecule has 0 spiro atoms. The number of nitrogens with one attached hydrogen (secondary N) is 1. The fraction of sp³-hybridized carbons (Fsp3) is 0.370. The van der Waals surface area contributed by atoms with Crippen LogP contribution < -0.4 is 25.8 Å². The Balaban J connectivity index is 1.37. The van der Waals surface area contributed by atoms with Gasteiger partial charge < -0.3 is 29.9 Å². The Morgan fingerprint density at radius 1 is 1.03 bits per heavy atom. The number of carboxylic acid groups (broad SMARTS) is 1. The van der Waals surface area contributed by atoms with E-state index in [1.165, 1.54) is 0 Å². The van der Waals surface area contributed by atoms with Gasteiger partial charge in [-0.15, -0.1) is 0 Å². The maximum Gasteiger partial charge on any atom is 0.415 e. The van der Waals surface area contributed by atoms with Gasteiger partial charge in [0.1, 0.15) is 23.2 Å². The largest absolute Gasteiger partial charge is 0.480 e. The Kier molecular flexibility index (Phi) is 8.37. The predicted octanol–water partition coefficient (Wildman–Crippen LogP) is 1.21. The van der Waals surface area contributed by atoms with E-state index in [0.717, 1.165) is 18.7 Å². The number of carbonyl (C=O) groups excluding carboxylic acids is 1. The summed E-state index contributed by atoms with van der Waals surface area (Å²) < 4.78 is 5.45. The van der Waals surface area contributed by atoms with Gasteiger partial charge in [0.2, 0.25) is 0 Å². The van der Waals surface area contributed by atoms with Gasteiger partial charge >= 0.3 is 12.1 Å². The van der Waals surface area contributed by atoms with Crippen LogP contribution in [0, 0.1) is 0 Å². The molecule has 1 aliphatic heterocycles. The number of carbonyl (C=O) groups is 2. The van der Waals surface area contributed by atoms with E-state index < -0.39 is 29.0 Å². The smallest absolute Gasteiger partial charge is 0.415 e. The van der Waals surface area contributed by atoms with Gasteiger partial charge in [-0.1, -0.05) is 12.1 Å². The third kappa shape index (κ3) is 6.35. The molecule has 38 heavy (non-hydrogen) atoms. The Morgan fingerprint density at radius 3 is 2.32 bits per heavy atom. The molecule has 11 nitrogen and oxygen atoms in total. The zero-order valence-corrected chi connectivity index (χ0v) is 21.4. The molecule has 1 amide bonds. The highest BCUT2D eigenvalue weighted by molar-refractivity contribution is 5.83. The fourth-order valence-corrected chi connectivity index (χ4v) is 4.29. The Bertz CT molecular complexity index is 1330. The third-order valence-corrected chi connectivity index (χ3v) is 6.70. The molecule has 0 radical (unpaired) electrons. The lowest BCUT2D eigenvalue weighted by Crippen LogP contribution is -2.48. The number of hydrogen-bond donors (Lipinski definition) is 2. The number of rotatable bonds is 10. The van der Waals surface area contributed by atoms with Gasteiger partial charge in [-0.2, -0.15) is 0 Å². The standard InChI is InChI=1S/C27H31N5O6/c1-30-13-15-32(16-14-30)27(37)38-20-5-3-19(4-6-20)17-21(26(35)36)29-22-23(25(34)24(22)33)31(2)12-9-18-7-10-28-11-8-18/h3-8,10-11,21,29H,9,12-17H2,1-2H3,(H,35,36). The summed E-state index contributed by atoms with van der Waals surface area (Å²) in [4.78, 5) is 58.4. The summed E-state index contributed by atoms with van der Waals surface area (Å²) in [6.07, 6.45) is 3.63. The van der Waals surface area contributed by atoms with Crippen LogP contribution in [0.25, 0.3) is 0 Å². The van der Waals surface area contributed by atoms with Gasteiger partial charge in [0.15, 0.2) is 0 Å². The first-order chi connectivity index (χ1) is 18.2. The normalized spacial score (nSPS) is 14.7. The number of ether oxygens (including phenoxy) is 1. The van der Waals surface area contributed by atoms with Gasteiger partial charge in [0.05, 0.1) is 0 Å². The van der Waals surface area contributed by atoms with Crippen LogP contribution in [0.2, 0.25) is 0 Å². The number of hydrogen-bond acceptors (Lipinski definition) is 9. The van der Waals surface area contributed by atoms with Crippen molar-refractivity contribution in [1.29, 1.82) is 0 Å². The summed E-state index contributed by atoms with van der Waals surface area (Å²) in [7, 11) is 3.69. The quantitative estimate of drug-likeness (QED) is 0.375. The van der Waals surface area contributed by atoms with Crippen LogP contribution in [0.3, 0.4) is 0 Å². The first-order valence-electron chi connectivity index (χ1n) is 12.4. The Hall–Kier alpha value is -4.25. The number of carboxylic acids is 1. The minimum Gasteiger partial charge on any atom is -0.480 e. The zero-order valence-electron chi connectivity index (χ0n) is 21.4. The van der Waals surface area contributed by atoms with Crippen LogP contribution >= 0.6 is 0 Å². The summed E-state index contributed by atoms with van der Waals surface area (Å²) in [6, 6.07) is 9.17. The number of amides is 1. The molecule has 3 aromatic rings. The highest BCUT2D eigenvalue weighted by atomic mass is 16.6. The van der Waals surface area contributed by atoms with Crippen molar-refractivity contribution in [1.82, 2.24) is 14.8 Å². The minimum absolute atomic E-state index is 0.0114. The monoisotopic (exact) mass is 521 g/mol. The van der Waals surface area contributed by atoms with Crippen molar-refractivity contribution < 1.29 is 19.4 Å². The molecule has 1 unspecified atom stereocenters. The van der Waals surface area contributed by atoms with Gasteiger partial charge in [-0.25, -0.2) is 9.59 Å². The van der Waals surface area contributed by atoms with E-state index in [1.54, 1.807) is 53.5 Å². The summed E-state index contributed by atoms with van der Waals surface area (Å²) in [5.41, 5.74) is 0.518. The number of aliphatic carboxylic acids is 1. The summed E-state index contributed by atoms with van der Waals surface area (Å²) in [5, 5.41) is 12.6. The average molecular weight is 522 g/mol. The number of nitrogens with zero attached hydrogens (tertiary/aromatic N) is 4. The van der Waals surface area contributed by atoms with Crippen LogP contribution in [0.4, 0.5) is 16.2 Å². The van der Waals surface area contributed by atoms with E-state index in [1.807, 2.05) is 19.2 Å². The van der Waals surface area contributed by atoms with Gasteiger partial charge in [-0.05, 0) is 48.9 Å². The predicted molar refractivity (Wildman–Crippen MR) is 143 cm³/mol. The average Bonchev–Trinajstić information content (AvgIpc) is 2.92. The molecule has 2 aromatic carbocycles. The van der Waals surface area contributed by atoms with E-state index in [4.69, 9.17) is 4.74 Å². The van der Waals surface area contributed by atoms with Crippen molar-refractivity contribution in [3.63, 3.8) is 0 Å². The number of likely N-dealkylation sites (N-methyl/N-ethyl adjacent to an activating group) is 2. The van der Waals surface area contributed by atoms with E-state index in [-0.39, 0.29) is 17.8 Å². The Morgan fingerprint density at radius 2 is 1.68 bits per heavy atom. The molecule has 0 saturated carbocycles. The van der Waals surface area contributed by atoms with Crippen LogP contribution in [-0.4, -0.2) is 84.8 Å². The van der Waals surface area contributed by atoms with Crippen LogP contribution in [0.5, 0.6) is 5.75 Å². The fourth-order valence-electron chi connectivity index (χ4n) is 4.29. The molecule has 0 bridgehead atoms. The zero-order chi connectivity index (χ0) is 27.2. The second kappa shape index (κ2) is 11.9. The van der Waals surface area contributed by atoms with Gasteiger partial charge in [0, 0.05) is 58.6 Å². The van der Waals surface area contributed by atoms with E-state index in [0.29, 0.717) is 37.4 Å². The molecule has 1 aliphatic rings. The van der Waals surface area contributed by atoms with Gasteiger partial charge in [-0.3, -0.25) is 14.6 Å². The summed E-state index contributed by atoms with van der Waals surface area (Å²) in [5.74, 6) is -0.799. The lowest BCUT2D eigenvalue weighted by molar-refractivity contribution is -0.137. The molecule has 11 heteroatoms. The molecule has 4 rings (SSSR count). The van der Waals surface area contributed by atoms with Crippen molar-refractivity contribution >= 4 is 23.4 Å². The van der Waals surface area contributed by atoms with E-state index >= 15 is 0 Å². The SMILES string of the molecule is CN1CCN(C(=O)Oc2ccc(CC(Nc3c(N(C)CCc4ccncc4)c(=O)c3=O)C(=O)O)cc2)CC1. The van der Waals surface area contributed by atoms with Crippen molar-refractivity contribution in [2.75, 3.05) is 57.0 Å². The van der Waals surface area contributed by atoms with E-state index in [9.17, 15) is 24.3 Å². The first kappa shape index (κ1) is 26.8. The van der Waals surface area contributed by atoms with Crippen LogP contribution in [0.15, 0.2) is 58.4 Å². The number of aromatic nitrogens is 1. The molecule has 1 aromatic heterocycles. The molecule has 1 atom stereocenters. The van der Waals surface area contributed by atoms with Crippen LogP contribution in [0.1, 0.15) is 11.1 Å². The summed E-state index contributed by atoms with van der Waals surface area (Å²) >= 11 is 0. The summed E-state index contributed by atoms with van der Waals surface area (Å²) in [6.45, 7) is 3.22.